The van der Waals surface area contributed by atoms with E-state index in [4.69, 9.17) is 4.74 Å². The molecule has 3 rings (SSSR count). The van der Waals surface area contributed by atoms with Crippen LogP contribution in [0.1, 0.15) is 5.56 Å². The van der Waals surface area contributed by atoms with Crippen molar-refractivity contribution in [2.45, 2.75) is 11.3 Å². The summed E-state index contributed by atoms with van der Waals surface area (Å²) in [6.45, 7) is 4.16. The maximum Gasteiger partial charge on any atom is 0.231 e. The molecule has 1 aliphatic heterocycles. The number of nitrogens with one attached hydrogen (secondary N) is 1. The van der Waals surface area contributed by atoms with Crippen molar-refractivity contribution in [2.24, 2.45) is 5.92 Å². The van der Waals surface area contributed by atoms with E-state index in [1.807, 2.05) is 54.6 Å². The van der Waals surface area contributed by atoms with E-state index in [-0.39, 0.29) is 11.8 Å². The molecule has 0 saturated heterocycles. The summed E-state index contributed by atoms with van der Waals surface area (Å²) in [6, 6.07) is 15.7. The molecule has 2 aromatic rings. The molecule has 2 aromatic carbocycles. The van der Waals surface area contributed by atoms with Crippen LogP contribution in [0.15, 0.2) is 66.1 Å². The van der Waals surface area contributed by atoms with Crippen LogP contribution in [0.3, 0.4) is 0 Å². The first-order valence-electron chi connectivity index (χ1n) is 7.62. The number of thioether (sulfide) groups is 1. The number of carbonyl (C=O) groups excluding carboxylic acids is 1. The van der Waals surface area contributed by atoms with Crippen molar-refractivity contribution in [1.29, 1.82) is 0 Å². The molecular weight excluding hydrogens is 306 g/mol. The summed E-state index contributed by atoms with van der Waals surface area (Å²) in [7, 11) is 0. The molecule has 1 aliphatic rings. The monoisotopic (exact) mass is 325 g/mol. The number of amides is 1. The fraction of sp³-hybridized carbons (Fsp3) is 0.211. The minimum atomic E-state index is -0.164. The van der Waals surface area contributed by atoms with E-state index in [1.54, 1.807) is 11.8 Å². The molecule has 118 valence electrons. The lowest BCUT2D eigenvalue weighted by molar-refractivity contribution is -0.121. The Balaban J connectivity index is 1.70. The number of para-hydroxylation sites is 2. The van der Waals surface area contributed by atoms with Gasteiger partial charge in [-0.1, -0.05) is 36.4 Å². The molecule has 0 fully saturated rings. The summed E-state index contributed by atoms with van der Waals surface area (Å²) in [5.74, 6) is 1.54. The molecule has 1 heterocycles. The van der Waals surface area contributed by atoms with Gasteiger partial charge in [0.05, 0.1) is 11.6 Å². The van der Waals surface area contributed by atoms with Crippen molar-refractivity contribution >= 4 is 23.4 Å². The Kier molecular flexibility index (Phi) is 5.03. The summed E-state index contributed by atoms with van der Waals surface area (Å²) in [5.41, 5.74) is 1.94. The largest absolute Gasteiger partial charge is 0.492 e. The van der Waals surface area contributed by atoms with Crippen molar-refractivity contribution in [3.05, 3.63) is 66.7 Å². The van der Waals surface area contributed by atoms with Crippen LogP contribution in [0.4, 0.5) is 5.69 Å². The Bertz CT molecular complexity index is 714. The lowest BCUT2D eigenvalue weighted by Gasteiger charge is -2.24. The zero-order chi connectivity index (χ0) is 16.1. The fourth-order valence-electron chi connectivity index (χ4n) is 2.58. The summed E-state index contributed by atoms with van der Waals surface area (Å²) >= 11 is 1.66. The molecule has 0 aliphatic carbocycles. The van der Waals surface area contributed by atoms with Gasteiger partial charge >= 0.3 is 0 Å². The van der Waals surface area contributed by atoms with Crippen LogP contribution in [0.25, 0.3) is 0 Å². The normalized spacial score (nSPS) is 16.1. The van der Waals surface area contributed by atoms with Gasteiger partial charge in [-0.2, -0.15) is 0 Å². The standard InChI is InChI=1S/C19H19NO2S/c1-2-11-23-18-10-6-4-8-16(18)20-19(21)15-12-14-7-3-5-9-17(14)22-13-15/h2-10,15H,1,11-13H2,(H,20,21). The van der Waals surface area contributed by atoms with Crippen molar-refractivity contribution in [3.63, 3.8) is 0 Å². The lowest BCUT2D eigenvalue weighted by Crippen LogP contribution is -2.32. The zero-order valence-electron chi connectivity index (χ0n) is 12.8. The predicted molar refractivity (Wildman–Crippen MR) is 95.1 cm³/mol. The first-order chi connectivity index (χ1) is 11.3. The number of hydrogen-bond acceptors (Lipinski definition) is 3. The van der Waals surface area contributed by atoms with E-state index < -0.39 is 0 Å². The number of rotatable bonds is 5. The lowest BCUT2D eigenvalue weighted by atomic mass is 9.96. The molecule has 0 radical (unpaired) electrons. The summed E-state index contributed by atoms with van der Waals surface area (Å²) in [5, 5.41) is 3.05. The minimum Gasteiger partial charge on any atom is -0.492 e. The second-order valence-electron chi connectivity index (χ2n) is 5.40. The van der Waals surface area contributed by atoms with Crippen LogP contribution in [0, 0.1) is 5.92 Å². The van der Waals surface area contributed by atoms with Crippen LogP contribution in [-0.2, 0) is 11.2 Å². The van der Waals surface area contributed by atoms with Gasteiger partial charge in [0.1, 0.15) is 12.4 Å². The fourth-order valence-corrected chi connectivity index (χ4v) is 3.32. The van der Waals surface area contributed by atoms with E-state index in [1.165, 1.54) is 0 Å². The zero-order valence-corrected chi connectivity index (χ0v) is 13.6. The average Bonchev–Trinajstić information content (AvgIpc) is 2.60. The number of ether oxygens (including phenoxy) is 1. The van der Waals surface area contributed by atoms with Crippen molar-refractivity contribution < 1.29 is 9.53 Å². The topological polar surface area (TPSA) is 38.3 Å². The third kappa shape index (κ3) is 3.77. The minimum absolute atomic E-state index is 0.00570. The van der Waals surface area contributed by atoms with E-state index in [0.717, 1.165) is 27.6 Å². The number of hydrogen-bond donors (Lipinski definition) is 1. The Labute approximate surface area is 140 Å². The first-order valence-corrected chi connectivity index (χ1v) is 8.61. The van der Waals surface area contributed by atoms with Gasteiger partial charge in [-0.05, 0) is 30.2 Å². The number of carbonyl (C=O) groups is 1. The van der Waals surface area contributed by atoms with Crippen LogP contribution in [0.2, 0.25) is 0 Å². The molecule has 4 heteroatoms. The summed E-state index contributed by atoms with van der Waals surface area (Å²) < 4.78 is 5.71. The van der Waals surface area contributed by atoms with Gasteiger partial charge in [0.25, 0.3) is 0 Å². The highest BCUT2D eigenvalue weighted by molar-refractivity contribution is 7.99. The average molecular weight is 325 g/mol. The summed E-state index contributed by atoms with van der Waals surface area (Å²) in [6.07, 6.45) is 2.57. The quantitative estimate of drug-likeness (QED) is 0.663. The van der Waals surface area contributed by atoms with Crippen LogP contribution < -0.4 is 10.1 Å². The molecule has 23 heavy (non-hydrogen) atoms. The third-order valence-electron chi connectivity index (χ3n) is 3.75. The molecule has 0 spiro atoms. The molecule has 0 saturated carbocycles. The van der Waals surface area contributed by atoms with Crippen molar-refractivity contribution in [1.82, 2.24) is 0 Å². The molecular formula is C19H19NO2S. The number of fused-ring (bicyclic) bond motifs is 1. The van der Waals surface area contributed by atoms with E-state index in [2.05, 4.69) is 11.9 Å². The van der Waals surface area contributed by atoms with Crippen LogP contribution in [-0.4, -0.2) is 18.3 Å². The van der Waals surface area contributed by atoms with Crippen LogP contribution >= 0.6 is 11.8 Å². The molecule has 3 nitrogen and oxygen atoms in total. The van der Waals surface area contributed by atoms with E-state index in [0.29, 0.717) is 13.0 Å². The number of anilines is 1. The smallest absolute Gasteiger partial charge is 0.231 e. The molecule has 1 amide bonds. The molecule has 1 atom stereocenters. The highest BCUT2D eigenvalue weighted by Crippen LogP contribution is 2.30. The highest BCUT2D eigenvalue weighted by atomic mass is 32.2. The Morgan fingerprint density at radius 1 is 1.26 bits per heavy atom. The Hall–Kier alpha value is -2.20. The van der Waals surface area contributed by atoms with Gasteiger partial charge in [-0.3, -0.25) is 4.79 Å². The van der Waals surface area contributed by atoms with Gasteiger partial charge in [-0.25, -0.2) is 0 Å². The first kappa shape index (κ1) is 15.7. The predicted octanol–water partition coefficient (Wildman–Crippen LogP) is 4.15. The van der Waals surface area contributed by atoms with Crippen molar-refractivity contribution in [3.8, 4) is 5.75 Å². The SMILES string of the molecule is C=CCSc1ccccc1NC(=O)C1COc2ccccc2C1. The van der Waals surface area contributed by atoms with Gasteiger partial charge < -0.3 is 10.1 Å². The van der Waals surface area contributed by atoms with Gasteiger partial charge in [0.2, 0.25) is 5.91 Å². The van der Waals surface area contributed by atoms with E-state index >= 15 is 0 Å². The third-order valence-corrected chi connectivity index (χ3v) is 4.82. The highest BCUT2D eigenvalue weighted by Gasteiger charge is 2.26. The molecule has 1 N–H and O–H groups in total. The molecule has 1 unspecified atom stereocenters. The van der Waals surface area contributed by atoms with E-state index in [9.17, 15) is 4.79 Å². The van der Waals surface area contributed by atoms with Gasteiger partial charge in [-0.15, -0.1) is 18.3 Å². The second kappa shape index (κ2) is 7.38. The van der Waals surface area contributed by atoms with Gasteiger partial charge in [0, 0.05) is 10.6 Å². The van der Waals surface area contributed by atoms with Gasteiger partial charge in [0.15, 0.2) is 0 Å². The maximum absolute atomic E-state index is 12.6. The second-order valence-corrected chi connectivity index (χ2v) is 6.47. The Morgan fingerprint density at radius 2 is 2.04 bits per heavy atom. The van der Waals surface area contributed by atoms with Crippen molar-refractivity contribution in [2.75, 3.05) is 17.7 Å². The maximum atomic E-state index is 12.6. The Morgan fingerprint density at radius 3 is 2.91 bits per heavy atom. The number of benzene rings is 2. The molecule has 0 aromatic heterocycles. The summed E-state index contributed by atoms with van der Waals surface area (Å²) in [4.78, 5) is 13.6. The molecule has 0 bridgehead atoms. The van der Waals surface area contributed by atoms with Crippen LogP contribution in [0.5, 0.6) is 5.75 Å².